The third kappa shape index (κ3) is 2.96. The zero-order valence-electron chi connectivity index (χ0n) is 13.5. The minimum atomic E-state index is -3.64. The van der Waals surface area contributed by atoms with Crippen molar-refractivity contribution in [3.05, 3.63) is 59.2 Å². The van der Waals surface area contributed by atoms with Crippen molar-refractivity contribution in [1.82, 2.24) is 9.29 Å². The van der Waals surface area contributed by atoms with Crippen molar-refractivity contribution in [2.45, 2.75) is 4.90 Å². The van der Waals surface area contributed by atoms with E-state index >= 15 is 0 Å². The topological polar surface area (TPSA) is 54.3 Å². The first-order chi connectivity index (χ1) is 12.1. The second-order valence-corrected chi connectivity index (χ2v) is 8.75. The van der Waals surface area contributed by atoms with Crippen LogP contribution in [0.25, 0.3) is 10.9 Å². The third-order valence-electron chi connectivity index (χ3n) is 4.48. The Labute approximate surface area is 155 Å². The Bertz CT molecular complexity index is 1020. The number of halogens is 1. The lowest BCUT2D eigenvalue weighted by atomic mass is 10.2. The fraction of sp³-hybridized carbons (Fsp3) is 0.222. The molecule has 1 fully saturated rings. The van der Waals surface area contributed by atoms with Gasteiger partial charge in [0.2, 0.25) is 0 Å². The highest BCUT2D eigenvalue weighted by Gasteiger charge is 2.21. The number of benzene rings is 2. The number of nitrogens with one attached hydrogen (secondary N) is 1. The monoisotopic (exact) mass is 419 g/mol. The third-order valence-corrected chi connectivity index (χ3v) is 6.66. The van der Waals surface area contributed by atoms with Crippen molar-refractivity contribution < 1.29 is 8.42 Å². The summed E-state index contributed by atoms with van der Waals surface area (Å²) in [5, 5.41) is 4.30. The molecule has 0 saturated carbocycles. The molecule has 2 aromatic carbocycles. The van der Waals surface area contributed by atoms with Crippen LogP contribution in [0.1, 0.15) is 0 Å². The molecular weight excluding hydrogens is 402 g/mol. The first-order valence-corrected chi connectivity index (χ1v) is 10.4. The standard InChI is InChI=1S/C18H18BrN3O2S/c19-14-3-1-4-15(13-14)25(23,24)22-10-7-16-17(5-2-6-18(16)22)21-11-8-20-9-12-21/h1-7,10,13,20H,8-9,11-12H2. The van der Waals surface area contributed by atoms with E-state index < -0.39 is 10.0 Å². The first kappa shape index (κ1) is 16.6. The first-order valence-electron chi connectivity index (χ1n) is 8.14. The van der Waals surface area contributed by atoms with Crippen LogP contribution in [-0.4, -0.2) is 38.6 Å². The van der Waals surface area contributed by atoms with Crippen LogP contribution in [0.5, 0.6) is 0 Å². The van der Waals surface area contributed by atoms with Crippen LogP contribution in [0.3, 0.4) is 0 Å². The Hall–Kier alpha value is -1.83. The van der Waals surface area contributed by atoms with Gasteiger partial charge in [0.1, 0.15) is 0 Å². The van der Waals surface area contributed by atoms with E-state index in [-0.39, 0.29) is 4.90 Å². The predicted molar refractivity (Wildman–Crippen MR) is 104 cm³/mol. The van der Waals surface area contributed by atoms with Crippen molar-refractivity contribution in [3.63, 3.8) is 0 Å². The molecule has 0 atom stereocenters. The average molecular weight is 420 g/mol. The Morgan fingerprint density at radius 2 is 1.76 bits per heavy atom. The Morgan fingerprint density at radius 1 is 1.00 bits per heavy atom. The van der Waals surface area contributed by atoms with E-state index in [0.717, 1.165) is 41.7 Å². The molecule has 0 aliphatic carbocycles. The van der Waals surface area contributed by atoms with E-state index in [9.17, 15) is 8.42 Å². The summed E-state index contributed by atoms with van der Waals surface area (Å²) in [6, 6.07) is 14.5. The average Bonchev–Trinajstić information content (AvgIpc) is 3.07. The zero-order valence-corrected chi connectivity index (χ0v) is 15.9. The highest BCUT2D eigenvalue weighted by molar-refractivity contribution is 9.10. The molecule has 0 spiro atoms. The van der Waals surface area contributed by atoms with Gasteiger partial charge in [-0.15, -0.1) is 0 Å². The lowest BCUT2D eigenvalue weighted by molar-refractivity contribution is 0.588. The summed E-state index contributed by atoms with van der Waals surface area (Å²) in [5.41, 5.74) is 1.79. The number of nitrogens with zero attached hydrogens (tertiary/aromatic N) is 2. The number of hydrogen-bond donors (Lipinski definition) is 1. The molecule has 1 aliphatic heterocycles. The van der Waals surface area contributed by atoms with Crippen LogP contribution >= 0.6 is 15.9 Å². The van der Waals surface area contributed by atoms with Crippen LogP contribution < -0.4 is 10.2 Å². The van der Waals surface area contributed by atoms with E-state index in [2.05, 4.69) is 32.2 Å². The molecule has 0 unspecified atom stereocenters. The fourth-order valence-electron chi connectivity index (χ4n) is 3.26. The molecule has 0 amide bonds. The molecule has 130 valence electrons. The van der Waals surface area contributed by atoms with Gasteiger partial charge < -0.3 is 10.2 Å². The molecule has 1 saturated heterocycles. The molecule has 1 aromatic heterocycles. The highest BCUT2D eigenvalue weighted by Crippen LogP contribution is 2.30. The van der Waals surface area contributed by atoms with E-state index in [0.29, 0.717) is 5.52 Å². The Balaban J connectivity index is 1.84. The number of fused-ring (bicyclic) bond motifs is 1. The largest absolute Gasteiger partial charge is 0.368 e. The Kier molecular flexibility index (Phi) is 4.31. The minimum absolute atomic E-state index is 0.270. The van der Waals surface area contributed by atoms with Gasteiger partial charge in [-0.05, 0) is 36.4 Å². The molecule has 1 N–H and O–H groups in total. The second kappa shape index (κ2) is 6.48. The van der Waals surface area contributed by atoms with E-state index in [1.807, 2.05) is 24.3 Å². The maximum Gasteiger partial charge on any atom is 0.268 e. The van der Waals surface area contributed by atoms with Crippen LogP contribution in [0.15, 0.2) is 64.1 Å². The maximum atomic E-state index is 13.1. The molecule has 7 heteroatoms. The summed E-state index contributed by atoms with van der Waals surface area (Å²) in [5.74, 6) is 0. The summed E-state index contributed by atoms with van der Waals surface area (Å²) in [4.78, 5) is 2.57. The van der Waals surface area contributed by atoms with Crippen molar-refractivity contribution in [3.8, 4) is 0 Å². The van der Waals surface area contributed by atoms with Gasteiger partial charge in [-0.1, -0.05) is 28.1 Å². The van der Waals surface area contributed by atoms with Crippen LogP contribution in [0.4, 0.5) is 5.69 Å². The van der Waals surface area contributed by atoms with Gasteiger partial charge in [0.15, 0.2) is 0 Å². The molecule has 4 rings (SSSR count). The second-order valence-electron chi connectivity index (χ2n) is 6.02. The highest BCUT2D eigenvalue weighted by atomic mass is 79.9. The van der Waals surface area contributed by atoms with Gasteiger partial charge in [0.05, 0.1) is 10.4 Å². The van der Waals surface area contributed by atoms with Crippen molar-refractivity contribution in [2.75, 3.05) is 31.1 Å². The summed E-state index contributed by atoms with van der Waals surface area (Å²) in [6.07, 6.45) is 1.65. The molecule has 5 nitrogen and oxygen atoms in total. The van der Waals surface area contributed by atoms with Gasteiger partial charge in [0, 0.05) is 47.9 Å². The van der Waals surface area contributed by atoms with Crippen LogP contribution in [-0.2, 0) is 10.0 Å². The van der Waals surface area contributed by atoms with Gasteiger partial charge >= 0.3 is 0 Å². The van der Waals surface area contributed by atoms with E-state index in [1.165, 1.54) is 3.97 Å². The van der Waals surface area contributed by atoms with Gasteiger partial charge in [-0.25, -0.2) is 12.4 Å². The number of anilines is 1. The van der Waals surface area contributed by atoms with Crippen LogP contribution in [0.2, 0.25) is 0 Å². The fourth-order valence-corrected chi connectivity index (χ4v) is 5.20. The maximum absolute atomic E-state index is 13.1. The van der Waals surface area contributed by atoms with Crippen LogP contribution in [0, 0.1) is 0 Å². The zero-order chi connectivity index (χ0) is 17.4. The lowest BCUT2D eigenvalue weighted by Gasteiger charge is -2.30. The van der Waals surface area contributed by atoms with Crippen molar-refractivity contribution in [2.24, 2.45) is 0 Å². The van der Waals surface area contributed by atoms with Gasteiger partial charge in [-0.2, -0.15) is 0 Å². The molecule has 2 heterocycles. The normalized spacial score (nSPS) is 15.6. The quantitative estimate of drug-likeness (QED) is 0.708. The molecule has 0 bridgehead atoms. The molecular formula is C18H18BrN3O2S. The Morgan fingerprint density at radius 3 is 2.52 bits per heavy atom. The number of rotatable bonds is 3. The number of aromatic nitrogens is 1. The molecule has 0 radical (unpaired) electrons. The van der Waals surface area contributed by atoms with Crippen molar-refractivity contribution >= 4 is 42.5 Å². The molecule has 25 heavy (non-hydrogen) atoms. The van der Waals surface area contributed by atoms with E-state index in [4.69, 9.17) is 0 Å². The number of piperazine rings is 1. The number of hydrogen-bond acceptors (Lipinski definition) is 4. The molecule has 1 aliphatic rings. The van der Waals surface area contributed by atoms with Crippen molar-refractivity contribution in [1.29, 1.82) is 0 Å². The summed E-state index contributed by atoms with van der Waals surface area (Å²) in [6.45, 7) is 3.71. The lowest BCUT2D eigenvalue weighted by Crippen LogP contribution is -2.43. The minimum Gasteiger partial charge on any atom is -0.368 e. The van der Waals surface area contributed by atoms with Gasteiger partial charge in [0.25, 0.3) is 10.0 Å². The molecule has 3 aromatic rings. The van der Waals surface area contributed by atoms with E-state index in [1.54, 1.807) is 24.4 Å². The van der Waals surface area contributed by atoms with Gasteiger partial charge in [-0.3, -0.25) is 0 Å². The summed E-state index contributed by atoms with van der Waals surface area (Å²) < 4.78 is 28.2. The smallest absolute Gasteiger partial charge is 0.268 e. The summed E-state index contributed by atoms with van der Waals surface area (Å²) in [7, 11) is -3.64. The predicted octanol–water partition coefficient (Wildman–Crippen LogP) is 3.05. The summed E-state index contributed by atoms with van der Waals surface area (Å²) >= 11 is 3.35. The SMILES string of the molecule is O=S(=O)(c1cccc(Br)c1)n1ccc2c(N3CCNCC3)cccc21.